The molecule has 1 fully saturated rings. The zero-order valence-corrected chi connectivity index (χ0v) is 20.5. The standard InChI is InChI=1S/C26H27N5O3S/c1-30-12-8-20(9-13-30)34-19-5-3-18(4-6-19)28-25(32)17-7-11-27-24(15-17)29-26(33)22-16-23-21(31(22)2)10-14-35-23/h3-7,10-11,14-16,20H,8-9,12-13H2,1-2H3,(H,28,32)(H,27,29,33). The number of thiophene rings is 1. The molecule has 35 heavy (non-hydrogen) atoms. The van der Waals surface area contributed by atoms with Gasteiger partial charge >= 0.3 is 0 Å². The monoisotopic (exact) mass is 489 g/mol. The van der Waals surface area contributed by atoms with Gasteiger partial charge in [0.1, 0.15) is 23.4 Å². The Labute approximate surface area is 207 Å². The van der Waals surface area contributed by atoms with Gasteiger partial charge in [0.05, 0.1) is 10.2 Å². The quantitative estimate of drug-likeness (QED) is 0.413. The normalized spacial score (nSPS) is 14.7. The number of carbonyl (C=O) groups is 2. The number of fused-ring (bicyclic) bond motifs is 1. The first-order valence-electron chi connectivity index (χ1n) is 11.5. The Balaban J connectivity index is 1.20. The molecule has 4 heterocycles. The minimum Gasteiger partial charge on any atom is -0.490 e. The van der Waals surface area contributed by atoms with E-state index < -0.39 is 0 Å². The summed E-state index contributed by atoms with van der Waals surface area (Å²) in [6, 6.07) is 14.4. The van der Waals surface area contributed by atoms with Crippen molar-refractivity contribution in [2.45, 2.75) is 18.9 Å². The van der Waals surface area contributed by atoms with Gasteiger partial charge in [-0.25, -0.2) is 4.98 Å². The Morgan fingerprint density at radius 3 is 2.51 bits per heavy atom. The molecule has 3 aromatic heterocycles. The maximum Gasteiger partial charge on any atom is 0.273 e. The topological polar surface area (TPSA) is 88.5 Å². The molecular formula is C26H27N5O3S. The molecule has 9 heteroatoms. The molecule has 0 saturated carbocycles. The lowest BCUT2D eigenvalue weighted by molar-refractivity contribution is 0.101. The lowest BCUT2D eigenvalue weighted by Gasteiger charge is -2.29. The van der Waals surface area contributed by atoms with E-state index >= 15 is 0 Å². The van der Waals surface area contributed by atoms with Crippen LogP contribution in [0.15, 0.2) is 60.1 Å². The minimum absolute atomic E-state index is 0.226. The highest BCUT2D eigenvalue weighted by Crippen LogP contribution is 2.25. The largest absolute Gasteiger partial charge is 0.490 e. The number of anilines is 2. The summed E-state index contributed by atoms with van der Waals surface area (Å²) in [5.41, 5.74) is 2.60. The first-order valence-corrected chi connectivity index (χ1v) is 12.4. The summed E-state index contributed by atoms with van der Waals surface area (Å²) in [6.07, 6.45) is 3.76. The Morgan fingerprint density at radius 2 is 1.77 bits per heavy atom. The number of nitrogens with zero attached hydrogens (tertiary/aromatic N) is 3. The van der Waals surface area contributed by atoms with Crippen LogP contribution in [-0.4, -0.2) is 52.5 Å². The maximum absolute atomic E-state index is 12.8. The van der Waals surface area contributed by atoms with E-state index in [9.17, 15) is 9.59 Å². The van der Waals surface area contributed by atoms with E-state index in [1.165, 1.54) is 6.20 Å². The molecule has 5 rings (SSSR count). The zero-order chi connectivity index (χ0) is 24.4. The van der Waals surface area contributed by atoms with E-state index in [0.29, 0.717) is 22.8 Å². The highest BCUT2D eigenvalue weighted by molar-refractivity contribution is 7.17. The van der Waals surface area contributed by atoms with Crippen molar-refractivity contribution in [1.82, 2.24) is 14.5 Å². The van der Waals surface area contributed by atoms with Gasteiger partial charge in [0.15, 0.2) is 0 Å². The van der Waals surface area contributed by atoms with Crippen LogP contribution in [-0.2, 0) is 7.05 Å². The molecule has 8 nitrogen and oxygen atoms in total. The number of carbonyl (C=O) groups excluding carboxylic acids is 2. The van der Waals surface area contributed by atoms with Crippen molar-refractivity contribution in [3.05, 3.63) is 71.4 Å². The molecule has 1 aromatic carbocycles. The molecule has 1 aliphatic rings. The summed E-state index contributed by atoms with van der Waals surface area (Å²) in [6.45, 7) is 2.08. The van der Waals surface area contributed by atoms with Crippen LogP contribution < -0.4 is 15.4 Å². The van der Waals surface area contributed by atoms with Crippen molar-refractivity contribution in [3.8, 4) is 5.75 Å². The van der Waals surface area contributed by atoms with Crippen molar-refractivity contribution in [2.75, 3.05) is 30.8 Å². The van der Waals surface area contributed by atoms with Gasteiger partial charge in [-0.2, -0.15) is 0 Å². The van der Waals surface area contributed by atoms with E-state index in [-0.39, 0.29) is 17.9 Å². The number of pyridine rings is 1. The number of piperidine rings is 1. The molecule has 0 aliphatic carbocycles. The lowest BCUT2D eigenvalue weighted by atomic mass is 10.1. The van der Waals surface area contributed by atoms with E-state index in [2.05, 4.69) is 27.6 Å². The first-order chi connectivity index (χ1) is 17.0. The Bertz CT molecular complexity index is 1350. The third kappa shape index (κ3) is 5.21. The molecule has 0 unspecified atom stereocenters. The summed E-state index contributed by atoms with van der Waals surface area (Å²) < 4.78 is 8.96. The summed E-state index contributed by atoms with van der Waals surface area (Å²) in [4.78, 5) is 32.1. The van der Waals surface area contributed by atoms with Crippen LogP contribution in [0.4, 0.5) is 11.5 Å². The predicted octanol–water partition coefficient (Wildman–Crippen LogP) is 4.61. The average molecular weight is 490 g/mol. The highest BCUT2D eigenvalue weighted by atomic mass is 32.1. The minimum atomic E-state index is -0.286. The number of hydrogen-bond donors (Lipinski definition) is 2. The number of amides is 2. The number of ether oxygens (including phenoxy) is 1. The van der Waals surface area contributed by atoms with Gasteiger partial charge in [0.25, 0.3) is 11.8 Å². The molecule has 1 aliphatic heterocycles. The van der Waals surface area contributed by atoms with Gasteiger partial charge in [0, 0.05) is 37.6 Å². The Morgan fingerprint density at radius 1 is 1.00 bits per heavy atom. The van der Waals surface area contributed by atoms with Crippen LogP contribution in [0.3, 0.4) is 0 Å². The first kappa shape index (κ1) is 23.1. The smallest absolute Gasteiger partial charge is 0.273 e. The maximum atomic E-state index is 12.8. The Hall–Kier alpha value is -3.69. The summed E-state index contributed by atoms with van der Waals surface area (Å²) in [5, 5.41) is 7.67. The van der Waals surface area contributed by atoms with Gasteiger partial charge in [0.2, 0.25) is 0 Å². The summed E-state index contributed by atoms with van der Waals surface area (Å²) >= 11 is 1.58. The molecule has 4 aromatic rings. The van der Waals surface area contributed by atoms with Gasteiger partial charge < -0.3 is 24.8 Å². The molecule has 2 amide bonds. The number of likely N-dealkylation sites (tertiary alicyclic amines) is 1. The van der Waals surface area contributed by atoms with Gasteiger partial charge in [-0.15, -0.1) is 11.3 Å². The molecule has 0 atom stereocenters. The fourth-order valence-corrected chi connectivity index (χ4v) is 5.05. The van der Waals surface area contributed by atoms with Crippen LogP contribution in [0, 0.1) is 0 Å². The third-order valence-corrected chi connectivity index (χ3v) is 7.09. The number of hydrogen-bond acceptors (Lipinski definition) is 6. The van der Waals surface area contributed by atoms with Crippen molar-refractivity contribution < 1.29 is 14.3 Å². The van der Waals surface area contributed by atoms with Crippen LogP contribution in [0.1, 0.15) is 33.7 Å². The molecular weight excluding hydrogens is 462 g/mol. The van der Waals surface area contributed by atoms with Gasteiger partial charge in [-0.1, -0.05) is 0 Å². The zero-order valence-electron chi connectivity index (χ0n) is 19.7. The fourth-order valence-electron chi connectivity index (χ4n) is 4.20. The Kier molecular flexibility index (Phi) is 6.52. The van der Waals surface area contributed by atoms with Crippen molar-refractivity contribution in [1.29, 1.82) is 0 Å². The van der Waals surface area contributed by atoms with E-state index in [1.54, 1.807) is 23.5 Å². The van der Waals surface area contributed by atoms with Gasteiger partial charge in [-0.3, -0.25) is 9.59 Å². The van der Waals surface area contributed by atoms with Crippen LogP contribution in [0.5, 0.6) is 5.75 Å². The number of aromatic nitrogens is 2. The third-order valence-electron chi connectivity index (χ3n) is 6.24. The molecule has 2 N–H and O–H groups in total. The van der Waals surface area contributed by atoms with E-state index in [1.807, 2.05) is 53.4 Å². The lowest BCUT2D eigenvalue weighted by Crippen LogP contribution is -2.35. The van der Waals surface area contributed by atoms with Crippen molar-refractivity contribution in [2.24, 2.45) is 7.05 Å². The second-order valence-electron chi connectivity index (χ2n) is 8.74. The second kappa shape index (κ2) is 9.89. The van der Waals surface area contributed by atoms with Gasteiger partial charge in [-0.05, 0) is 73.8 Å². The number of rotatable bonds is 6. The summed E-state index contributed by atoms with van der Waals surface area (Å²) in [5.74, 6) is 0.550. The number of benzene rings is 1. The molecule has 180 valence electrons. The highest BCUT2D eigenvalue weighted by Gasteiger charge is 2.18. The second-order valence-corrected chi connectivity index (χ2v) is 9.69. The van der Waals surface area contributed by atoms with E-state index in [4.69, 9.17) is 4.74 Å². The molecule has 1 saturated heterocycles. The SMILES string of the molecule is CN1CCC(Oc2ccc(NC(=O)c3ccnc(NC(=O)c4cc5sccc5n4C)c3)cc2)CC1. The number of aryl methyl sites for hydroxylation is 1. The van der Waals surface area contributed by atoms with Crippen molar-refractivity contribution in [3.63, 3.8) is 0 Å². The average Bonchev–Trinajstić information content (AvgIpc) is 3.45. The molecule has 0 spiro atoms. The van der Waals surface area contributed by atoms with E-state index in [0.717, 1.165) is 41.9 Å². The van der Waals surface area contributed by atoms with Crippen LogP contribution >= 0.6 is 11.3 Å². The molecule has 0 radical (unpaired) electrons. The van der Waals surface area contributed by atoms with Crippen LogP contribution in [0.2, 0.25) is 0 Å². The summed E-state index contributed by atoms with van der Waals surface area (Å²) in [7, 11) is 3.98. The van der Waals surface area contributed by atoms with Crippen molar-refractivity contribution >= 4 is 44.9 Å². The van der Waals surface area contributed by atoms with Crippen LogP contribution in [0.25, 0.3) is 10.2 Å². The predicted molar refractivity (Wildman–Crippen MR) is 139 cm³/mol. The fraction of sp³-hybridized carbons (Fsp3) is 0.269. The molecule has 0 bridgehead atoms. The number of nitrogens with one attached hydrogen (secondary N) is 2.